The number of hydrogen-bond donors (Lipinski definition) is 1. The van der Waals surface area contributed by atoms with Gasteiger partial charge in [-0.1, -0.05) is 12.1 Å². The van der Waals surface area contributed by atoms with Gasteiger partial charge < -0.3 is 19.9 Å². The number of alkyl halides is 3. The number of nitrogens with one attached hydrogen (secondary N) is 1. The third-order valence-electron chi connectivity index (χ3n) is 5.23. The summed E-state index contributed by atoms with van der Waals surface area (Å²) in [7, 11) is 0. The number of aryl methyl sites for hydroxylation is 2. The zero-order valence-electron chi connectivity index (χ0n) is 18.6. The molecule has 11 heteroatoms. The Morgan fingerprint density at radius 3 is 2.44 bits per heavy atom. The fourth-order valence-electron chi connectivity index (χ4n) is 3.68. The number of piperazine rings is 1. The highest BCUT2D eigenvalue weighted by atomic mass is 19.4. The van der Waals surface area contributed by atoms with Gasteiger partial charge in [-0.25, -0.2) is 15.0 Å². The lowest BCUT2D eigenvalue weighted by Crippen LogP contribution is -2.49. The molecule has 0 bridgehead atoms. The summed E-state index contributed by atoms with van der Waals surface area (Å²) >= 11 is 0. The van der Waals surface area contributed by atoms with Crippen LogP contribution in [0.25, 0.3) is 0 Å². The number of benzene rings is 1. The van der Waals surface area contributed by atoms with E-state index < -0.39 is 18.0 Å². The Labute approximate surface area is 194 Å². The van der Waals surface area contributed by atoms with Crippen LogP contribution in [0.1, 0.15) is 21.7 Å². The number of anilines is 3. The van der Waals surface area contributed by atoms with Gasteiger partial charge in [0.15, 0.2) is 0 Å². The molecule has 1 aliphatic rings. The molecule has 1 aromatic carbocycles. The van der Waals surface area contributed by atoms with Crippen molar-refractivity contribution in [3.05, 3.63) is 65.6 Å². The van der Waals surface area contributed by atoms with Gasteiger partial charge in [-0.2, -0.15) is 0 Å². The average Bonchev–Trinajstić information content (AvgIpc) is 2.78. The van der Waals surface area contributed by atoms with Crippen LogP contribution in [-0.2, 0) is 0 Å². The van der Waals surface area contributed by atoms with Crippen molar-refractivity contribution in [3.63, 3.8) is 0 Å². The quantitative estimate of drug-likeness (QED) is 0.599. The molecule has 0 unspecified atom stereocenters. The fourth-order valence-corrected chi connectivity index (χ4v) is 3.68. The Bertz CT molecular complexity index is 1180. The fraction of sp³-hybridized carbons (Fsp3) is 0.304. The Morgan fingerprint density at radius 1 is 1.00 bits per heavy atom. The highest BCUT2D eigenvalue weighted by Gasteiger charge is 2.34. The molecule has 1 amide bonds. The summed E-state index contributed by atoms with van der Waals surface area (Å²) < 4.78 is 42.2. The minimum absolute atomic E-state index is 0.122. The predicted molar refractivity (Wildman–Crippen MR) is 120 cm³/mol. The molecule has 1 aliphatic heterocycles. The Balaban J connectivity index is 1.44. The number of amides is 1. The van der Waals surface area contributed by atoms with Crippen molar-refractivity contribution < 1.29 is 22.7 Å². The third-order valence-corrected chi connectivity index (χ3v) is 5.23. The maximum absolute atomic E-state index is 12.9. The number of halogens is 3. The van der Waals surface area contributed by atoms with E-state index in [-0.39, 0.29) is 5.56 Å². The van der Waals surface area contributed by atoms with Crippen LogP contribution in [0.3, 0.4) is 0 Å². The van der Waals surface area contributed by atoms with Crippen LogP contribution >= 0.6 is 0 Å². The van der Waals surface area contributed by atoms with Gasteiger partial charge in [0.2, 0.25) is 0 Å². The molecule has 0 atom stereocenters. The molecule has 1 N–H and O–H groups in total. The van der Waals surface area contributed by atoms with E-state index in [0.29, 0.717) is 49.5 Å². The third kappa shape index (κ3) is 5.72. The zero-order valence-corrected chi connectivity index (χ0v) is 18.6. The van der Waals surface area contributed by atoms with E-state index in [4.69, 9.17) is 0 Å². The van der Waals surface area contributed by atoms with Crippen LogP contribution in [0, 0.1) is 13.8 Å². The van der Waals surface area contributed by atoms with E-state index in [9.17, 15) is 18.0 Å². The zero-order chi connectivity index (χ0) is 24.3. The van der Waals surface area contributed by atoms with Crippen molar-refractivity contribution in [2.75, 3.05) is 36.4 Å². The van der Waals surface area contributed by atoms with Gasteiger partial charge in [0.1, 0.15) is 29.0 Å². The molecule has 0 radical (unpaired) electrons. The number of hydrogen-bond acceptors (Lipinski definition) is 7. The molecule has 0 saturated carbocycles. The van der Waals surface area contributed by atoms with Crippen LogP contribution in [0.15, 0.2) is 48.7 Å². The van der Waals surface area contributed by atoms with Gasteiger partial charge in [0.05, 0.1) is 5.56 Å². The summed E-state index contributed by atoms with van der Waals surface area (Å²) in [5.74, 6) is 1.51. The van der Waals surface area contributed by atoms with Gasteiger partial charge in [-0.15, -0.1) is 13.2 Å². The summed E-state index contributed by atoms with van der Waals surface area (Å²) in [6.07, 6.45) is -3.17. The second-order valence-corrected chi connectivity index (χ2v) is 7.83. The second kappa shape index (κ2) is 9.54. The molecule has 178 valence electrons. The molecule has 3 aromatic rings. The highest BCUT2D eigenvalue weighted by molar-refractivity contribution is 5.97. The first-order valence-corrected chi connectivity index (χ1v) is 10.6. The smallest absolute Gasteiger partial charge is 0.405 e. The molecule has 8 nitrogen and oxygen atoms in total. The number of carbonyl (C=O) groups excluding carboxylic acids is 1. The first-order chi connectivity index (χ1) is 16.2. The largest absolute Gasteiger partial charge is 0.573 e. The standard InChI is InChI=1S/C23H23F3N6O2/c1-15-7-8-27-19(13-15)30-20-14-21(29-16(2)28-20)31-9-11-32(12-10-31)22(33)17-5-3-4-6-18(17)34-23(24,25)26/h3-8,13-14H,9-12H2,1-2H3,(H,27,28,29,30). The average molecular weight is 472 g/mol. The summed E-state index contributed by atoms with van der Waals surface area (Å²) in [5.41, 5.74) is 0.940. The lowest BCUT2D eigenvalue weighted by molar-refractivity contribution is -0.274. The molecule has 34 heavy (non-hydrogen) atoms. The van der Waals surface area contributed by atoms with E-state index in [1.54, 1.807) is 19.2 Å². The number of carbonyl (C=O) groups is 1. The van der Waals surface area contributed by atoms with Crippen LogP contribution < -0.4 is 15.0 Å². The molecule has 3 heterocycles. The molecule has 1 saturated heterocycles. The molecule has 0 spiro atoms. The monoisotopic (exact) mass is 472 g/mol. The normalized spacial score (nSPS) is 14.1. The molecular formula is C23H23F3N6O2. The number of para-hydroxylation sites is 1. The van der Waals surface area contributed by atoms with Crippen molar-refractivity contribution >= 4 is 23.4 Å². The van der Waals surface area contributed by atoms with E-state index in [2.05, 4.69) is 25.0 Å². The predicted octanol–water partition coefficient (Wildman–Crippen LogP) is 4.09. The van der Waals surface area contributed by atoms with Crippen LogP contribution in [0.4, 0.5) is 30.6 Å². The summed E-state index contributed by atoms with van der Waals surface area (Å²) in [6.45, 7) is 5.34. The number of ether oxygens (including phenoxy) is 1. The number of aromatic nitrogens is 3. The van der Waals surface area contributed by atoms with E-state index in [1.807, 2.05) is 24.0 Å². The summed E-state index contributed by atoms with van der Waals surface area (Å²) in [6, 6.07) is 11.0. The molecule has 2 aromatic heterocycles. The second-order valence-electron chi connectivity index (χ2n) is 7.83. The van der Waals surface area contributed by atoms with Crippen molar-refractivity contribution in [1.82, 2.24) is 19.9 Å². The van der Waals surface area contributed by atoms with Crippen molar-refractivity contribution in [3.8, 4) is 5.75 Å². The lowest BCUT2D eigenvalue weighted by Gasteiger charge is -2.35. The van der Waals surface area contributed by atoms with Crippen LogP contribution in [-0.4, -0.2) is 58.3 Å². The topological polar surface area (TPSA) is 83.5 Å². The van der Waals surface area contributed by atoms with Gasteiger partial charge in [-0.3, -0.25) is 4.79 Å². The van der Waals surface area contributed by atoms with Gasteiger partial charge in [0, 0.05) is 38.4 Å². The molecule has 4 rings (SSSR count). The minimum Gasteiger partial charge on any atom is -0.405 e. The Hall–Kier alpha value is -3.89. The Morgan fingerprint density at radius 2 is 1.74 bits per heavy atom. The van der Waals surface area contributed by atoms with E-state index >= 15 is 0 Å². The van der Waals surface area contributed by atoms with Gasteiger partial charge in [-0.05, 0) is 43.7 Å². The molecule has 1 fully saturated rings. The Kier molecular flexibility index (Phi) is 6.53. The van der Waals surface area contributed by atoms with Crippen molar-refractivity contribution in [2.24, 2.45) is 0 Å². The summed E-state index contributed by atoms with van der Waals surface area (Å²) in [5, 5.41) is 3.18. The minimum atomic E-state index is -4.88. The van der Waals surface area contributed by atoms with Crippen molar-refractivity contribution in [1.29, 1.82) is 0 Å². The number of nitrogens with zero attached hydrogens (tertiary/aromatic N) is 5. The van der Waals surface area contributed by atoms with Crippen LogP contribution in [0.2, 0.25) is 0 Å². The molecule has 0 aliphatic carbocycles. The first-order valence-electron chi connectivity index (χ1n) is 10.6. The molecular weight excluding hydrogens is 449 g/mol. The summed E-state index contributed by atoms with van der Waals surface area (Å²) in [4.78, 5) is 29.6. The maximum Gasteiger partial charge on any atom is 0.573 e. The van der Waals surface area contributed by atoms with Crippen molar-refractivity contribution in [2.45, 2.75) is 20.2 Å². The number of pyridine rings is 1. The van der Waals surface area contributed by atoms with E-state index in [1.165, 1.54) is 23.1 Å². The van der Waals surface area contributed by atoms with Gasteiger partial charge >= 0.3 is 6.36 Å². The van der Waals surface area contributed by atoms with Gasteiger partial charge in [0.25, 0.3) is 5.91 Å². The highest BCUT2D eigenvalue weighted by Crippen LogP contribution is 2.28. The first kappa shape index (κ1) is 23.3. The SMILES string of the molecule is Cc1ccnc(Nc2cc(N3CCN(C(=O)c4ccccc4OC(F)(F)F)CC3)nc(C)n2)c1. The lowest BCUT2D eigenvalue weighted by atomic mass is 10.1. The van der Waals surface area contributed by atoms with E-state index in [0.717, 1.165) is 11.6 Å². The number of rotatable bonds is 5. The maximum atomic E-state index is 12.9. The van der Waals surface area contributed by atoms with Crippen LogP contribution in [0.5, 0.6) is 5.75 Å².